The summed E-state index contributed by atoms with van der Waals surface area (Å²) in [6.07, 6.45) is -1.52. The van der Waals surface area contributed by atoms with Crippen LogP contribution < -0.4 is 5.73 Å². The molecule has 1 aromatic rings. The largest absolute Gasteiger partial charge is 0.326 e. The Bertz CT molecular complexity index is 332. The SMILES string of the molecule is CC(C)C(=O)C(F)c1ccc(CN)cc1. The molecule has 0 heterocycles. The topological polar surface area (TPSA) is 43.1 Å². The summed E-state index contributed by atoms with van der Waals surface area (Å²) in [5, 5.41) is 0. The number of hydrogen-bond acceptors (Lipinski definition) is 2. The van der Waals surface area contributed by atoms with Crippen molar-refractivity contribution in [3.8, 4) is 0 Å². The summed E-state index contributed by atoms with van der Waals surface area (Å²) in [6, 6.07) is 6.73. The molecule has 0 saturated heterocycles. The summed E-state index contributed by atoms with van der Waals surface area (Å²) in [4.78, 5) is 11.4. The van der Waals surface area contributed by atoms with Crippen LogP contribution >= 0.6 is 0 Å². The Morgan fingerprint density at radius 3 is 2.27 bits per heavy atom. The first-order chi connectivity index (χ1) is 7.06. The van der Waals surface area contributed by atoms with Gasteiger partial charge in [-0.15, -0.1) is 0 Å². The van der Waals surface area contributed by atoms with Gasteiger partial charge in [-0.05, 0) is 11.1 Å². The zero-order valence-corrected chi connectivity index (χ0v) is 9.03. The van der Waals surface area contributed by atoms with Gasteiger partial charge in [0.05, 0.1) is 0 Å². The van der Waals surface area contributed by atoms with E-state index in [4.69, 9.17) is 5.73 Å². The van der Waals surface area contributed by atoms with E-state index in [0.29, 0.717) is 12.1 Å². The fourth-order valence-electron chi connectivity index (χ4n) is 1.28. The molecule has 1 atom stereocenters. The number of carbonyl (C=O) groups is 1. The molecule has 0 aliphatic carbocycles. The molecule has 0 saturated carbocycles. The second kappa shape index (κ2) is 5.03. The van der Waals surface area contributed by atoms with E-state index in [1.807, 2.05) is 0 Å². The number of Topliss-reactive ketones (excluding diaryl/α,β-unsaturated/α-hetero) is 1. The first kappa shape index (κ1) is 11.9. The molecule has 3 heteroatoms. The highest BCUT2D eigenvalue weighted by atomic mass is 19.1. The highest BCUT2D eigenvalue weighted by Crippen LogP contribution is 2.22. The molecule has 0 bridgehead atoms. The van der Waals surface area contributed by atoms with Crippen molar-refractivity contribution in [2.45, 2.75) is 26.6 Å². The third-order valence-corrected chi connectivity index (χ3v) is 2.33. The molecule has 0 aromatic heterocycles. The van der Waals surface area contributed by atoms with E-state index in [1.165, 1.54) is 0 Å². The van der Waals surface area contributed by atoms with Crippen molar-refractivity contribution < 1.29 is 9.18 Å². The van der Waals surface area contributed by atoms with Crippen LogP contribution in [0, 0.1) is 5.92 Å². The van der Waals surface area contributed by atoms with Gasteiger partial charge in [-0.3, -0.25) is 4.79 Å². The Labute approximate surface area is 89.3 Å². The summed E-state index contributed by atoms with van der Waals surface area (Å²) in [5.41, 5.74) is 6.76. The highest BCUT2D eigenvalue weighted by Gasteiger charge is 2.21. The summed E-state index contributed by atoms with van der Waals surface area (Å²) in [5.74, 6) is -0.662. The minimum Gasteiger partial charge on any atom is -0.326 e. The number of carbonyl (C=O) groups excluding carboxylic acids is 1. The molecule has 0 spiro atoms. The number of rotatable bonds is 4. The van der Waals surface area contributed by atoms with Crippen LogP contribution in [0.1, 0.15) is 31.1 Å². The summed E-state index contributed by atoms with van der Waals surface area (Å²) >= 11 is 0. The Hall–Kier alpha value is -1.22. The molecular formula is C12H16FNO. The molecule has 1 unspecified atom stereocenters. The van der Waals surface area contributed by atoms with Gasteiger partial charge in [-0.2, -0.15) is 0 Å². The minimum atomic E-state index is -1.52. The number of nitrogens with two attached hydrogens (primary N) is 1. The monoisotopic (exact) mass is 209 g/mol. The summed E-state index contributed by atoms with van der Waals surface area (Å²) < 4.78 is 13.6. The molecule has 1 aromatic carbocycles. The molecule has 2 N–H and O–H groups in total. The van der Waals surface area contributed by atoms with Crippen molar-refractivity contribution in [1.82, 2.24) is 0 Å². The van der Waals surface area contributed by atoms with E-state index in [0.717, 1.165) is 5.56 Å². The van der Waals surface area contributed by atoms with Gasteiger partial charge in [0.25, 0.3) is 0 Å². The van der Waals surface area contributed by atoms with Gasteiger partial charge in [0.2, 0.25) is 0 Å². The van der Waals surface area contributed by atoms with Crippen LogP contribution in [0.2, 0.25) is 0 Å². The average Bonchev–Trinajstić information content (AvgIpc) is 2.27. The maximum absolute atomic E-state index is 13.6. The molecule has 82 valence electrons. The second-order valence-corrected chi connectivity index (χ2v) is 3.87. The van der Waals surface area contributed by atoms with Crippen LogP contribution in [0.5, 0.6) is 0 Å². The lowest BCUT2D eigenvalue weighted by Gasteiger charge is -2.10. The normalized spacial score (nSPS) is 12.9. The average molecular weight is 209 g/mol. The second-order valence-electron chi connectivity index (χ2n) is 3.87. The Balaban J connectivity index is 2.82. The zero-order chi connectivity index (χ0) is 11.4. The van der Waals surface area contributed by atoms with Crippen molar-refractivity contribution in [3.05, 3.63) is 35.4 Å². The van der Waals surface area contributed by atoms with Gasteiger partial charge < -0.3 is 5.73 Å². The molecule has 1 rings (SSSR count). The Morgan fingerprint density at radius 2 is 1.87 bits per heavy atom. The zero-order valence-electron chi connectivity index (χ0n) is 9.03. The first-order valence-electron chi connectivity index (χ1n) is 5.03. The van der Waals surface area contributed by atoms with Crippen molar-refractivity contribution in [1.29, 1.82) is 0 Å². The van der Waals surface area contributed by atoms with E-state index in [2.05, 4.69) is 0 Å². The van der Waals surface area contributed by atoms with E-state index >= 15 is 0 Å². The van der Waals surface area contributed by atoms with Crippen LogP contribution in [-0.2, 0) is 11.3 Å². The van der Waals surface area contributed by atoms with Crippen molar-refractivity contribution in [2.24, 2.45) is 11.7 Å². The molecule has 0 aliphatic heterocycles. The minimum absolute atomic E-state index is 0.283. The van der Waals surface area contributed by atoms with Gasteiger partial charge in [-0.1, -0.05) is 38.1 Å². The third-order valence-electron chi connectivity index (χ3n) is 2.33. The number of alkyl halides is 1. The maximum Gasteiger partial charge on any atom is 0.183 e. The van der Waals surface area contributed by atoms with Gasteiger partial charge in [0.15, 0.2) is 12.0 Å². The first-order valence-corrected chi connectivity index (χ1v) is 5.03. The molecule has 0 amide bonds. The number of halogens is 1. The quantitative estimate of drug-likeness (QED) is 0.827. The smallest absolute Gasteiger partial charge is 0.183 e. The highest BCUT2D eigenvalue weighted by molar-refractivity contribution is 5.85. The number of benzene rings is 1. The summed E-state index contributed by atoms with van der Waals surface area (Å²) in [7, 11) is 0. The summed E-state index contributed by atoms with van der Waals surface area (Å²) in [6.45, 7) is 3.82. The third kappa shape index (κ3) is 2.86. The Kier molecular flexibility index (Phi) is 3.97. The van der Waals surface area contributed by atoms with Gasteiger partial charge >= 0.3 is 0 Å². The number of ketones is 1. The van der Waals surface area contributed by atoms with Crippen LogP contribution in [0.3, 0.4) is 0 Å². The van der Waals surface area contributed by atoms with Crippen LogP contribution in [-0.4, -0.2) is 5.78 Å². The van der Waals surface area contributed by atoms with Crippen LogP contribution in [0.4, 0.5) is 4.39 Å². The van der Waals surface area contributed by atoms with E-state index < -0.39 is 6.17 Å². The lowest BCUT2D eigenvalue weighted by molar-refractivity contribution is -0.127. The predicted molar refractivity (Wildman–Crippen MR) is 58.0 cm³/mol. The Morgan fingerprint density at radius 1 is 1.33 bits per heavy atom. The molecule has 0 radical (unpaired) electrons. The number of hydrogen-bond donors (Lipinski definition) is 1. The van der Waals surface area contributed by atoms with E-state index in [-0.39, 0.29) is 11.7 Å². The van der Waals surface area contributed by atoms with Gasteiger partial charge in [-0.25, -0.2) is 4.39 Å². The van der Waals surface area contributed by atoms with Crippen molar-refractivity contribution in [3.63, 3.8) is 0 Å². The lowest BCUT2D eigenvalue weighted by Crippen LogP contribution is -2.14. The standard InChI is InChI=1S/C12H16FNO/c1-8(2)12(15)11(13)10-5-3-9(7-14)4-6-10/h3-6,8,11H,7,14H2,1-2H3. The van der Waals surface area contributed by atoms with Crippen LogP contribution in [0.25, 0.3) is 0 Å². The van der Waals surface area contributed by atoms with Crippen LogP contribution in [0.15, 0.2) is 24.3 Å². The molecule has 0 aliphatic rings. The maximum atomic E-state index is 13.6. The van der Waals surface area contributed by atoms with Crippen molar-refractivity contribution >= 4 is 5.78 Å². The molecule has 2 nitrogen and oxygen atoms in total. The lowest BCUT2D eigenvalue weighted by atomic mass is 9.98. The van der Waals surface area contributed by atoms with E-state index in [1.54, 1.807) is 38.1 Å². The fraction of sp³-hybridized carbons (Fsp3) is 0.417. The van der Waals surface area contributed by atoms with Gasteiger partial charge in [0, 0.05) is 12.5 Å². The van der Waals surface area contributed by atoms with Crippen molar-refractivity contribution in [2.75, 3.05) is 0 Å². The molecule has 0 fully saturated rings. The molecule has 15 heavy (non-hydrogen) atoms. The van der Waals surface area contributed by atoms with Gasteiger partial charge in [0.1, 0.15) is 0 Å². The predicted octanol–water partition coefficient (Wildman–Crippen LogP) is 2.38. The molecular weight excluding hydrogens is 193 g/mol. The fourth-order valence-corrected chi connectivity index (χ4v) is 1.28. The van der Waals surface area contributed by atoms with E-state index in [9.17, 15) is 9.18 Å².